The first-order chi connectivity index (χ1) is 7.34. The highest BCUT2D eigenvalue weighted by Crippen LogP contribution is 2.23. The summed E-state index contributed by atoms with van der Waals surface area (Å²) in [7, 11) is 0. The first-order valence-electron chi connectivity index (χ1n) is 5.19. The number of hydrogen-bond donors (Lipinski definition) is 0. The van der Waals surface area contributed by atoms with E-state index in [1.807, 2.05) is 20.8 Å². The van der Waals surface area contributed by atoms with E-state index in [0.29, 0.717) is 17.3 Å². The summed E-state index contributed by atoms with van der Waals surface area (Å²) in [5, 5.41) is 0.315. The van der Waals surface area contributed by atoms with Crippen molar-refractivity contribution in [1.82, 2.24) is 4.98 Å². The fraction of sp³-hybridized carbons (Fsp3) is 0.500. The van der Waals surface area contributed by atoms with Gasteiger partial charge in [0.15, 0.2) is 0 Å². The van der Waals surface area contributed by atoms with Crippen molar-refractivity contribution in [2.75, 3.05) is 6.61 Å². The van der Waals surface area contributed by atoms with Gasteiger partial charge < -0.3 is 4.74 Å². The summed E-state index contributed by atoms with van der Waals surface area (Å²) in [5.74, 6) is -0.364. The van der Waals surface area contributed by atoms with Crippen LogP contribution >= 0.6 is 11.6 Å². The molecular formula is C12H16ClNO2. The van der Waals surface area contributed by atoms with Gasteiger partial charge in [-0.25, -0.2) is 9.78 Å². The molecule has 0 aliphatic carbocycles. The molecule has 1 heterocycles. The van der Waals surface area contributed by atoms with Gasteiger partial charge in [0.25, 0.3) is 0 Å². The minimum absolute atomic E-state index is 0.147. The SMILES string of the molecule is CCOC(=O)c1cc(Cl)nc(C(C)(C)C)c1. The highest BCUT2D eigenvalue weighted by Gasteiger charge is 2.19. The molecule has 0 unspecified atom stereocenters. The van der Waals surface area contributed by atoms with Crippen LogP contribution in [0.5, 0.6) is 0 Å². The zero-order chi connectivity index (χ0) is 12.3. The lowest BCUT2D eigenvalue weighted by atomic mass is 9.91. The van der Waals surface area contributed by atoms with Crippen LogP contribution in [0, 0.1) is 0 Å². The van der Waals surface area contributed by atoms with Crippen LogP contribution in [0.4, 0.5) is 0 Å². The number of carbonyl (C=O) groups excluding carboxylic acids is 1. The third-order valence-corrected chi connectivity index (χ3v) is 2.27. The zero-order valence-electron chi connectivity index (χ0n) is 10.0. The average molecular weight is 242 g/mol. The molecule has 0 atom stereocenters. The second kappa shape index (κ2) is 4.83. The second-order valence-electron chi connectivity index (χ2n) is 4.53. The number of pyridine rings is 1. The lowest BCUT2D eigenvalue weighted by Gasteiger charge is -2.18. The largest absolute Gasteiger partial charge is 0.462 e. The summed E-state index contributed by atoms with van der Waals surface area (Å²) in [4.78, 5) is 15.8. The van der Waals surface area contributed by atoms with Crippen molar-refractivity contribution in [2.24, 2.45) is 0 Å². The Morgan fingerprint density at radius 3 is 2.56 bits per heavy atom. The van der Waals surface area contributed by atoms with E-state index >= 15 is 0 Å². The van der Waals surface area contributed by atoms with Crippen LogP contribution < -0.4 is 0 Å². The topological polar surface area (TPSA) is 39.2 Å². The number of nitrogens with zero attached hydrogens (tertiary/aromatic N) is 1. The Morgan fingerprint density at radius 2 is 2.06 bits per heavy atom. The Kier molecular flexibility index (Phi) is 3.92. The van der Waals surface area contributed by atoms with E-state index in [9.17, 15) is 4.79 Å². The zero-order valence-corrected chi connectivity index (χ0v) is 10.8. The van der Waals surface area contributed by atoms with Crippen molar-refractivity contribution < 1.29 is 9.53 Å². The van der Waals surface area contributed by atoms with Gasteiger partial charge in [0.1, 0.15) is 5.15 Å². The van der Waals surface area contributed by atoms with Crippen molar-refractivity contribution in [1.29, 1.82) is 0 Å². The molecule has 4 heteroatoms. The number of esters is 1. The molecule has 1 aromatic heterocycles. The van der Waals surface area contributed by atoms with Crippen molar-refractivity contribution in [3.8, 4) is 0 Å². The number of hydrogen-bond acceptors (Lipinski definition) is 3. The van der Waals surface area contributed by atoms with Crippen molar-refractivity contribution in [3.63, 3.8) is 0 Å². The van der Waals surface area contributed by atoms with Gasteiger partial charge in [-0.2, -0.15) is 0 Å². The summed E-state index contributed by atoms with van der Waals surface area (Å²) in [6, 6.07) is 3.25. The van der Waals surface area contributed by atoms with Crippen LogP contribution in [0.1, 0.15) is 43.7 Å². The molecule has 0 aliphatic heterocycles. The number of ether oxygens (including phenoxy) is 1. The van der Waals surface area contributed by atoms with Crippen LogP contribution in [0.2, 0.25) is 5.15 Å². The van der Waals surface area contributed by atoms with Crippen molar-refractivity contribution in [2.45, 2.75) is 33.1 Å². The van der Waals surface area contributed by atoms with Crippen LogP contribution in [0.25, 0.3) is 0 Å². The van der Waals surface area contributed by atoms with Gasteiger partial charge in [-0.15, -0.1) is 0 Å². The van der Waals surface area contributed by atoms with Gasteiger partial charge in [0, 0.05) is 11.1 Å². The van der Waals surface area contributed by atoms with Crippen LogP contribution in [0.15, 0.2) is 12.1 Å². The fourth-order valence-corrected chi connectivity index (χ4v) is 1.42. The van der Waals surface area contributed by atoms with Gasteiger partial charge >= 0.3 is 5.97 Å². The summed E-state index contributed by atoms with van der Waals surface area (Å²) in [6.07, 6.45) is 0. The third-order valence-electron chi connectivity index (χ3n) is 2.07. The minimum Gasteiger partial charge on any atom is -0.462 e. The Morgan fingerprint density at radius 1 is 1.44 bits per heavy atom. The maximum atomic E-state index is 11.6. The third kappa shape index (κ3) is 3.20. The molecule has 1 aromatic rings. The van der Waals surface area contributed by atoms with Gasteiger partial charge in [-0.1, -0.05) is 32.4 Å². The van der Waals surface area contributed by atoms with E-state index < -0.39 is 0 Å². The van der Waals surface area contributed by atoms with E-state index in [0.717, 1.165) is 5.69 Å². The van der Waals surface area contributed by atoms with E-state index in [-0.39, 0.29) is 11.4 Å². The van der Waals surface area contributed by atoms with Crippen LogP contribution in [0.3, 0.4) is 0 Å². The first kappa shape index (κ1) is 13.0. The smallest absolute Gasteiger partial charge is 0.338 e. The molecule has 0 saturated carbocycles. The highest BCUT2D eigenvalue weighted by atomic mass is 35.5. The molecule has 1 rings (SSSR count). The Hall–Kier alpha value is -1.09. The van der Waals surface area contributed by atoms with E-state index in [1.165, 1.54) is 6.07 Å². The summed E-state index contributed by atoms with van der Waals surface area (Å²) in [5.41, 5.74) is 1.08. The number of rotatable bonds is 2. The summed E-state index contributed by atoms with van der Waals surface area (Å²) >= 11 is 5.88. The van der Waals surface area contributed by atoms with Gasteiger partial charge in [0.05, 0.1) is 12.2 Å². The molecule has 0 N–H and O–H groups in total. The van der Waals surface area contributed by atoms with Crippen LogP contribution in [-0.2, 0) is 10.2 Å². The maximum absolute atomic E-state index is 11.6. The maximum Gasteiger partial charge on any atom is 0.338 e. The summed E-state index contributed by atoms with van der Waals surface area (Å²) in [6.45, 7) is 8.16. The molecule has 16 heavy (non-hydrogen) atoms. The Balaban J connectivity index is 3.13. The van der Waals surface area contributed by atoms with E-state index in [4.69, 9.17) is 16.3 Å². The highest BCUT2D eigenvalue weighted by molar-refractivity contribution is 6.29. The molecule has 0 aromatic carbocycles. The van der Waals surface area contributed by atoms with Gasteiger partial charge in [-0.05, 0) is 19.1 Å². The van der Waals surface area contributed by atoms with Crippen LogP contribution in [-0.4, -0.2) is 17.6 Å². The summed E-state index contributed by atoms with van der Waals surface area (Å²) < 4.78 is 4.93. The molecule has 0 saturated heterocycles. The number of aromatic nitrogens is 1. The van der Waals surface area contributed by atoms with Gasteiger partial charge in [0.2, 0.25) is 0 Å². The molecular weight excluding hydrogens is 226 g/mol. The van der Waals surface area contributed by atoms with Crippen molar-refractivity contribution >= 4 is 17.6 Å². The Bertz CT molecular complexity index is 396. The lowest BCUT2D eigenvalue weighted by Crippen LogP contribution is -2.15. The van der Waals surface area contributed by atoms with Gasteiger partial charge in [-0.3, -0.25) is 0 Å². The second-order valence-corrected chi connectivity index (χ2v) is 4.92. The van der Waals surface area contributed by atoms with E-state index in [2.05, 4.69) is 4.98 Å². The standard InChI is InChI=1S/C12H16ClNO2/c1-5-16-11(15)8-6-9(12(2,3)4)14-10(13)7-8/h6-7H,5H2,1-4H3. The molecule has 0 spiro atoms. The molecule has 3 nitrogen and oxygen atoms in total. The average Bonchev–Trinajstić information content (AvgIpc) is 2.16. The fourth-order valence-electron chi connectivity index (χ4n) is 1.21. The predicted molar refractivity (Wildman–Crippen MR) is 63.9 cm³/mol. The number of carbonyl (C=O) groups is 1. The van der Waals surface area contributed by atoms with E-state index in [1.54, 1.807) is 13.0 Å². The monoisotopic (exact) mass is 241 g/mol. The first-order valence-corrected chi connectivity index (χ1v) is 5.57. The molecule has 0 amide bonds. The molecule has 88 valence electrons. The predicted octanol–water partition coefficient (Wildman–Crippen LogP) is 3.21. The molecule has 0 bridgehead atoms. The number of halogens is 1. The quantitative estimate of drug-likeness (QED) is 0.590. The molecule has 0 radical (unpaired) electrons. The van der Waals surface area contributed by atoms with Crippen molar-refractivity contribution in [3.05, 3.63) is 28.5 Å². The molecule has 0 aliphatic rings. The normalized spacial score (nSPS) is 11.3. The molecule has 0 fully saturated rings. The lowest BCUT2D eigenvalue weighted by molar-refractivity contribution is 0.0526. The Labute approximate surface area is 101 Å². The minimum atomic E-state index is -0.364.